The summed E-state index contributed by atoms with van der Waals surface area (Å²) < 4.78 is 51.7. The minimum atomic E-state index is -4.67. The predicted octanol–water partition coefficient (Wildman–Crippen LogP) is 3.68. The third-order valence-corrected chi connectivity index (χ3v) is 6.42. The van der Waals surface area contributed by atoms with Crippen molar-refractivity contribution in [2.24, 2.45) is 5.92 Å². The van der Waals surface area contributed by atoms with Crippen LogP contribution in [0, 0.1) is 5.92 Å². The molecular weight excluding hydrogens is 481 g/mol. The summed E-state index contributed by atoms with van der Waals surface area (Å²) in [6.07, 6.45) is -7.80. The van der Waals surface area contributed by atoms with Crippen molar-refractivity contribution in [2.75, 3.05) is 13.1 Å². The number of amides is 2. The van der Waals surface area contributed by atoms with Gasteiger partial charge < -0.3 is 24.8 Å². The summed E-state index contributed by atoms with van der Waals surface area (Å²) in [6, 6.07) is 4.77. The Kier molecular flexibility index (Phi) is 6.97. The number of benzene rings is 1. The van der Waals surface area contributed by atoms with E-state index in [2.05, 4.69) is 16.6 Å². The number of ether oxygens (including phenoxy) is 3. The van der Waals surface area contributed by atoms with Crippen molar-refractivity contribution in [2.45, 2.75) is 56.5 Å². The summed E-state index contributed by atoms with van der Waals surface area (Å²) in [5.41, 5.74) is 0.865. The van der Waals surface area contributed by atoms with E-state index in [1.54, 1.807) is 18.2 Å². The van der Waals surface area contributed by atoms with Crippen LogP contribution in [0.4, 0.5) is 18.0 Å². The minimum absolute atomic E-state index is 0.0486. The molecule has 2 aliphatic heterocycles. The van der Waals surface area contributed by atoms with Crippen LogP contribution in [0.15, 0.2) is 30.5 Å². The molecule has 0 radical (unpaired) electrons. The summed E-state index contributed by atoms with van der Waals surface area (Å²) in [4.78, 5) is 26.1. The predicted molar refractivity (Wildman–Crippen MR) is 113 cm³/mol. The van der Waals surface area contributed by atoms with Crippen LogP contribution in [0.25, 0.3) is 0 Å². The Morgan fingerprint density at radius 2 is 2.03 bits per heavy atom. The summed E-state index contributed by atoms with van der Waals surface area (Å²) >= 11 is 5.93. The Labute approximate surface area is 198 Å². The molecule has 1 unspecified atom stereocenters. The molecule has 34 heavy (non-hydrogen) atoms. The van der Waals surface area contributed by atoms with Crippen molar-refractivity contribution in [3.63, 3.8) is 0 Å². The first-order valence-electron chi connectivity index (χ1n) is 10.8. The van der Waals surface area contributed by atoms with Crippen LogP contribution in [0.1, 0.15) is 37.4 Å². The van der Waals surface area contributed by atoms with Crippen LogP contribution >= 0.6 is 11.6 Å². The Hall–Kier alpha value is -2.50. The number of nitrogens with one attached hydrogen (secondary N) is 1. The summed E-state index contributed by atoms with van der Waals surface area (Å²) in [5, 5.41) is 13.4. The van der Waals surface area contributed by atoms with Crippen molar-refractivity contribution in [3.05, 3.63) is 41.1 Å². The van der Waals surface area contributed by atoms with Gasteiger partial charge in [0.05, 0.1) is 18.8 Å². The third-order valence-electron chi connectivity index (χ3n) is 6.18. The minimum Gasteiger partial charge on any atom is -0.480 e. The fourth-order valence-corrected chi connectivity index (χ4v) is 4.50. The molecule has 1 saturated heterocycles. The van der Waals surface area contributed by atoms with Gasteiger partial charge in [-0.2, -0.15) is 0 Å². The number of nitrogens with zero attached hydrogens (tertiary/aromatic N) is 1. The zero-order valence-electron chi connectivity index (χ0n) is 18.0. The summed E-state index contributed by atoms with van der Waals surface area (Å²) in [5.74, 6) is -0.285. The number of cyclic esters (lactones) is 1. The molecule has 0 aromatic heterocycles. The molecule has 186 valence electrons. The van der Waals surface area contributed by atoms with Crippen LogP contribution in [-0.4, -0.2) is 59.8 Å². The molecular formula is C22H24ClF3N2O6. The van der Waals surface area contributed by atoms with E-state index in [4.69, 9.17) is 21.1 Å². The average molecular weight is 505 g/mol. The van der Waals surface area contributed by atoms with Crippen molar-refractivity contribution in [3.8, 4) is 5.75 Å². The quantitative estimate of drug-likeness (QED) is 0.588. The number of carbonyl (C=O) groups is 2. The van der Waals surface area contributed by atoms with Gasteiger partial charge in [-0.1, -0.05) is 18.2 Å². The molecule has 1 aliphatic carbocycles. The zero-order valence-corrected chi connectivity index (χ0v) is 18.8. The number of fused-ring (bicyclic) bond motifs is 1. The number of aliphatic hydroxyl groups is 1. The maximum absolute atomic E-state index is 12.6. The molecule has 2 amide bonds. The van der Waals surface area contributed by atoms with Gasteiger partial charge in [-0.3, -0.25) is 9.53 Å². The van der Waals surface area contributed by atoms with E-state index in [0.717, 1.165) is 0 Å². The van der Waals surface area contributed by atoms with Gasteiger partial charge in [0.1, 0.15) is 11.9 Å². The molecule has 3 aliphatic rings. The van der Waals surface area contributed by atoms with Crippen LogP contribution in [0.2, 0.25) is 5.02 Å². The average Bonchev–Trinajstić information content (AvgIpc) is 3.08. The Balaban J connectivity index is 1.20. The highest BCUT2D eigenvalue weighted by molar-refractivity contribution is 6.30. The number of hydrogen-bond donors (Lipinski definition) is 2. The molecule has 0 spiro atoms. The maximum atomic E-state index is 12.6. The van der Waals surface area contributed by atoms with E-state index in [-0.39, 0.29) is 44.7 Å². The number of carbonyl (C=O) groups excluding carboxylic acids is 2. The van der Waals surface area contributed by atoms with E-state index in [9.17, 15) is 27.9 Å². The van der Waals surface area contributed by atoms with Crippen molar-refractivity contribution < 1.29 is 42.1 Å². The molecule has 3 atom stereocenters. The van der Waals surface area contributed by atoms with E-state index in [1.807, 2.05) is 0 Å². The second kappa shape index (κ2) is 9.63. The lowest BCUT2D eigenvalue weighted by Crippen LogP contribution is -2.43. The summed E-state index contributed by atoms with van der Waals surface area (Å²) in [6.45, 7) is 4.28. The van der Waals surface area contributed by atoms with E-state index >= 15 is 0 Å². The van der Waals surface area contributed by atoms with Crippen molar-refractivity contribution in [1.82, 2.24) is 10.2 Å². The zero-order chi connectivity index (χ0) is 24.6. The SMILES string of the molecule is C=C(CCN1CC([C@H]2C[C@@H](OC(F)(F)F)C2)OC1=O)NC(=O)[C@@H]1C[C@@H](O)c2cc(Cl)ccc2O1. The largest absolute Gasteiger partial charge is 0.522 e. The fraction of sp³-hybridized carbons (Fsp3) is 0.545. The Morgan fingerprint density at radius 1 is 1.29 bits per heavy atom. The summed E-state index contributed by atoms with van der Waals surface area (Å²) in [7, 11) is 0. The first kappa shape index (κ1) is 24.6. The molecule has 2 heterocycles. The maximum Gasteiger partial charge on any atom is 0.522 e. The molecule has 0 bridgehead atoms. The van der Waals surface area contributed by atoms with Gasteiger partial charge in [0.25, 0.3) is 5.91 Å². The van der Waals surface area contributed by atoms with Crippen LogP contribution in [-0.2, 0) is 14.3 Å². The monoisotopic (exact) mass is 504 g/mol. The molecule has 1 aromatic rings. The number of rotatable bonds is 7. The second-order valence-corrected chi connectivity index (χ2v) is 9.10. The van der Waals surface area contributed by atoms with Gasteiger partial charge in [-0.25, -0.2) is 4.79 Å². The highest BCUT2D eigenvalue weighted by atomic mass is 35.5. The molecule has 4 rings (SSSR count). The first-order valence-corrected chi connectivity index (χ1v) is 11.2. The molecule has 2 N–H and O–H groups in total. The van der Waals surface area contributed by atoms with Crippen LogP contribution in [0.5, 0.6) is 5.75 Å². The lowest BCUT2D eigenvalue weighted by molar-refractivity contribution is -0.355. The van der Waals surface area contributed by atoms with Crippen LogP contribution in [0.3, 0.4) is 0 Å². The third kappa shape index (κ3) is 5.76. The first-order chi connectivity index (χ1) is 16.0. The molecule has 1 saturated carbocycles. The second-order valence-electron chi connectivity index (χ2n) is 8.67. The van der Waals surface area contributed by atoms with Gasteiger partial charge in [-0.15, -0.1) is 13.2 Å². The van der Waals surface area contributed by atoms with Gasteiger partial charge in [0.15, 0.2) is 6.10 Å². The standard InChI is InChI=1S/C22H24ClF3N2O6/c1-11(27-20(30)18-9-16(29)15-8-13(23)2-3-17(15)32-18)4-5-28-10-19(33-21(28)31)12-6-14(7-12)34-22(24,25)26/h2-3,8,12,14,16,18-19,29H,1,4-7,9-10H2,(H,27,30)/t12-,14+,16-,18+,19?/m1/s1. The number of alkyl halides is 3. The van der Waals surface area contributed by atoms with Gasteiger partial charge >= 0.3 is 12.5 Å². The van der Waals surface area contributed by atoms with Crippen molar-refractivity contribution >= 4 is 23.6 Å². The topological polar surface area (TPSA) is 97.3 Å². The van der Waals surface area contributed by atoms with Crippen LogP contribution < -0.4 is 10.1 Å². The fourth-order valence-electron chi connectivity index (χ4n) is 4.32. The number of halogens is 4. The Morgan fingerprint density at radius 3 is 2.74 bits per heavy atom. The Bertz CT molecular complexity index is 968. The van der Waals surface area contributed by atoms with Gasteiger partial charge in [0.2, 0.25) is 0 Å². The molecule has 2 fully saturated rings. The smallest absolute Gasteiger partial charge is 0.480 e. The van der Waals surface area contributed by atoms with E-state index in [1.165, 1.54) is 4.90 Å². The highest BCUT2D eigenvalue weighted by Crippen LogP contribution is 2.39. The van der Waals surface area contributed by atoms with Gasteiger partial charge in [0, 0.05) is 41.6 Å². The van der Waals surface area contributed by atoms with Gasteiger partial charge in [-0.05, 0) is 31.0 Å². The lowest BCUT2D eigenvalue weighted by Gasteiger charge is -2.37. The number of aliphatic hydroxyl groups excluding tert-OH is 1. The van der Waals surface area contributed by atoms with Crippen molar-refractivity contribution in [1.29, 1.82) is 0 Å². The molecule has 12 heteroatoms. The normalized spacial score (nSPS) is 28.4. The number of hydrogen-bond acceptors (Lipinski definition) is 6. The van der Waals surface area contributed by atoms with E-state index in [0.29, 0.717) is 22.0 Å². The molecule has 1 aromatic carbocycles. The molecule has 8 nitrogen and oxygen atoms in total. The van der Waals surface area contributed by atoms with E-state index < -0.39 is 42.8 Å². The highest BCUT2D eigenvalue weighted by Gasteiger charge is 2.46. The lowest BCUT2D eigenvalue weighted by atomic mass is 9.78.